The van der Waals surface area contributed by atoms with E-state index in [-0.39, 0.29) is 17.1 Å². The molecule has 1 atom stereocenters. The molecule has 0 aromatic heterocycles. The van der Waals surface area contributed by atoms with Crippen LogP contribution in [0.4, 0.5) is 5.69 Å². The van der Waals surface area contributed by atoms with Crippen LogP contribution in [0.3, 0.4) is 0 Å². The number of sulfonamides is 1. The number of nitrogens with one attached hydrogen (secondary N) is 2. The fourth-order valence-electron chi connectivity index (χ4n) is 2.21. The number of carbonyl (C=O) groups is 1. The van der Waals surface area contributed by atoms with Crippen LogP contribution in [0.5, 0.6) is 0 Å². The first-order chi connectivity index (χ1) is 9.28. The Kier molecular flexibility index (Phi) is 4.12. The first-order valence-corrected chi connectivity index (χ1v) is 8.12. The fourth-order valence-corrected chi connectivity index (χ4v) is 2.87. The SMILES string of the molecule is CC1(C(=O)Nc2ccc(CS(N)(=O)=O)cc2)CCNC1. The molecule has 0 bridgehead atoms. The molecule has 1 aromatic carbocycles. The summed E-state index contributed by atoms with van der Waals surface area (Å²) in [4.78, 5) is 12.2. The van der Waals surface area contributed by atoms with Gasteiger partial charge in [0.1, 0.15) is 0 Å². The van der Waals surface area contributed by atoms with Gasteiger partial charge in [-0.05, 0) is 37.6 Å². The molecule has 6 nitrogen and oxygen atoms in total. The molecular weight excluding hydrogens is 278 g/mol. The average molecular weight is 297 g/mol. The largest absolute Gasteiger partial charge is 0.326 e. The number of hydrogen-bond donors (Lipinski definition) is 3. The maximum Gasteiger partial charge on any atom is 0.231 e. The van der Waals surface area contributed by atoms with Crippen molar-refractivity contribution in [1.29, 1.82) is 0 Å². The molecule has 110 valence electrons. The number of amides is 1. The number of rotatable bonds is 4. The van der Waals surface area contributed by atoms with E-state index in [9.17, 15) is 13.2 Å². The maximum absolute atomic E-state index is 12.2. The summed E-state index contributed by atoms with van der Waals surface area (Å²) < 4.78 is 22.0. The van der Waals surface area contributed by atoms with Gasteiger partial charge >= 0.3 is 0 Å². The van der Waals surface area contributed by atoms with Crippen molar-refractivity contribution in [2.75, 3.05) is 18.4 Å². The van der Waals surface area contributed by atoms with Gasteiger partial charge in [0, 0.05) is 12.2 Å². The topological polar surface area (TPSA) is 101 Å². The first kappa shape index (κ1) is 15.0. The van der Waals surface area contributed by atoms with Crippen molar-refractivity contribution < 1.29 is 13.2 Å². The van der Waals surface area contributed by atoms with Crippen molar-refractivity contribution in [1.82, 2.24) is 5.32 Å². The van der Waals surface area contributed by atoms with Gasteiger partial charge in [-0.15, -0.1) is 0 Å². The quantitative estimate of drug-likeness (QED) is 0.749. The summed E-state index contributed by atoms with van der Waals surface area (Å²) in [7, 11) is -3.53. The van der Waals surface area contributed by atoms with Gasteiger partial charge in [-0.3, -0.25) is 4.79 Å². The minimum Gasteiger partial charge on any atom is -0.326 e. The maximum atomic E-state index is 12.2. The van der Waals surface area contributed by atoms with Crippen molar-refractivity contribution in [3.63, 3.8) is 0 Å². The summed E-state index contributed by atoms with van der Waals surface area (Å²) in [5.74, 6) is -0.232. The monoisotopic (exact) mass is 297 g/mol. The molecule has 1 heterocycles. The lowest BCUT2D eigenvalue weighted by atomic mass is 9.89. The Morgan fingerprint density at radius 2 is 2.05 bits per heavy atom. The molecular formula is C13H19N3O3S. The highest BCUT2D eigenvalue weighted by Crippen LogP contribution is 2.26. The van der Waals surface area contributed by atoms with Gasteiger partial charge in [-0.2, -0.15) is 0 Å². The van der Waals surface area contributed by atoms with Crippen LogP contribution in [-0.4, -0.2) is 27.4 Å². The number of hydrogen-bond acceptors (Lipinski definition) is 4. The Hall–Kier alpha value is -1.44. The van der Waals surface area contributed by atoms with E-state index >= 15 is 0 Å². The van der Waals surface area contributed by atoms with Crippen molar-refractivity contribution >= 4 is 21.6 Å². The lowest BCUT2D eigenvalue weighted by Crippen LogP contribution is -2.35. The van der Waals surface area contributed by atoms with Crippen molar-refractivity contribution in [2.45, 2.75) is 19.1 Å². The minimum absolute atomic E-state index is 0.0262. The zero-order chi connectivity index (χ0) is 14.8. The summed E-state index contributed by atoms with van der Waals surface area (Å²) >= 11 is 0. The predicted molar refractivity (Wildman–Crippen MR) is 77.5 cm³/mol. The molecule has 1 saturated heterocycles. The van der Waals surface area contributed by atoms with E-state index in [0.29, 0.717) is 17.8 Å². The standard InChI is InChI=1S/C13H19N3O3S/c1-13(6-7-15-9-13)12(17)16-11-4-2-10(3-5-11)8-20(14,18)19/h2-5,15H,6-9H2,1H3,(H,16,17)(H2,14,18,19). The second-order valence-corrected chi connectivity index (χ2v) is 7.06. The van der Waals surface area contributed by atoms with Crippen molar-refractivity contribution in [3.8, 4) is 0 Å². The first-order valence-electron chi connectivity index (χ1n) is 6.40. The van der Waals surface area contributed by atoms with Gasteiger partial charge in [0.2, 0.25) is 15.9 Å². The van der Waals surface area contributed by atoms with E-state index < -0.39 is 10.0 Å². The number of benzene rings is 1. The van der Waals surface area contributed by atoms with Gasteiger partial charge in [0.05, 0.1) is 11.2 Å². The molecule has 0 saturated carbocycles. The summed E-state index contributed by atoms with van der Waals surface area (Å²) in [6, 6.07) is 6.67. The molecule has 1 aromatic rings. The second kappa shape index (κ2) is 5.51. The molecule has 0 radical (unpaired) electrons. The van der Waals surface area contributed by atoms with Gasteiger partial charge in [0.15, 0.2) is 0 Å². The Morgan fingerprint density at radius 3 is 2.55 bits per heavy atom. The van der Waals surface area contributed by atoms with E-state index in [1.165, 1.54) is 0 Å². The number of primary sulfonamides is 1. The van der Waals surface area contributed by atoms with Crippen LogP contribution < -0.4 is 15.8 Å². The van der Waals surface area contributed by atoms with Crippen LogP contribution in [0.2, 0.25) is 0 Å². The zero-order valence-corrected chi connectivity index (χ0v) is 12.2. The Balaban J connectivity index is 2.02. The summed E-state index contributed by atoms with van der Waals surface area (Å²) in [6.07, 6.45) is 0.808. The third kappa shape index (κ3) is 3.78. The van der Waals surface area contributed by atoms with E-state index in [0.717, 1.165) is 13.0 Å². The predicted octanol–water partition coefficient (Wildman–Crippen LogP) is 0.413. The average Bonchev–Trinajstić information content (AvgIpc) is 2.78. The molecule has 20 heavy (non-hydrogen) atoms. The number of carbonyl (C=O) groups excluding carboxylic acids is 1. The molecule has 1 aliphatic heterocycles. The molecule has 1 unspecified atom stereocenters. The van der Waals surface area contributed by atoms with E-state index in [1.54, 1.807) is 24.3 Å². The highest BCUT2D eigenvalue weighted by atomic mass is 32.2. The van der Waals surface area contributed by atoms with E-state index in [1.807, 2.05) is 6.92 Å². The molecule has 0 aliphatic carbocycles. The Labute approximate surface area is 118 Å². The lowest BCUT2D eigenvalue weighted by molar-refractivity contribution is -0.123. The van der Waals surface area contributed by atoms with Gasteiger partial charge in [-0.1, -0.05) is 12.1 Å². The zero-order valence-electron chi connectivity index (χ0n) is 11.3. The van der Waals surface area contributed by atoms with Gasteiger partial charge in [0.25, 0.3) is 0 Å². The molecule has 0 spiro atoms. The van der Waals surface area contributed by atoms with Gasteiger partial charge < -0.3 is 10.6 Å². The highest BCUT2D eigenvalue weighted by molar-refractivity contribution is 7.88. The minimum atomic E-state index is -3.53. The molecule has 4 N–H and O–H groups in total. The Morgan fingerprint density at radius 1 is 1.40 bits per heavy atom. The van der Waals surface area contributed by atoms with Crippen molar-refractivity contribution in [2.24, 2.45) is 10.6 Å². The highest BCUT2D eigenvalue weighted by Gasteiger charge is 2.36. The molecule has 7 heteroatoms. The third-order valence-corrected chi connectivity index (χ3v) is 4.23. The smallest absolute Gasteiger partial charge is 0.231 e. The molecule has 1 aliphatic rings. The second-order valence-electron chi connectivity index (χ2n) is 5.45. The molecule has 1 amide bonds. The molecule has 1 fully saturated rings. The van der Waals surface area contributed by atoms with Crippen LogP contribution in [0.25, 0.3) is 0 Å². The van der Waals surface area contributed by atoms with Crippen LogP contribution >= 0.6 is 0 Å². The molecule has 2 rings (SSSR count). The Bertz CT molecular complexity index is 590. The fraction of sp³-hybridized carbons (Fsp3) is 0.462. The van der Waals surface area contributed by atoms with Crippen LogP contribution in [0.1, 0.15) is 18.9 Å². The summed E-state index contributed by atoms with van der Waals surface area (Å²) in [5.41, 5.74) is 0.861. The van der Waals surface area contributed by atoms with E-state index in [2.05, 4.69) is 10.6 Å². The van der Waals surface area contributed by atoms with Crippen molar-refractivity contribution in [3.05, 3.63) is 29.8 Å². The number of nitrogens with two attached hydrogens (primary N) is 1. The van der Waals surface area contributed by atoms with Gasteiger partial charge in [-0.25, -0.2) is 13.6 Å². The van der Waals surface area contributed by atoms with Crippen LogP contribution in [0, 0.1) is 5.41 Å². The van der Waals surface area contributed by atoms with Crippen LogP contribution in [-0.2, 0) is 20.6 Å². The lowest BCUT2D eigenvalue weighted by Gasteiger charge is -2.21. The summed E-state index contributed by atoms with van der Waals surface area (Å²) in [5, 5.41) is 11.0. The van der Waals surface area contributed by atoms with E-state index in [4.69, 9.17) is 5.14 Å². The normalized spacial score (nSPS) is 22.7. The van der Waals surface area contributed by atoms with Crippen LogP contribution in [0.15, 0.2) is 24.3 Å². The summed E-state index contributed by atoms with van der Waals surface area (Å²) in [6.45, 7) is 3.44. The third-order valence-electron chi connectivity index (χ3n) is 3.50. The number of anilines is 1.